The summed E-state index contributed by atoms with van der Waals surface area (Å²) in [5.74, 6) is 1.15. The first-order valence-electron chi connectivity index (χ1n) is 8.28. The summed E-state index contributed by atoms with van der Waals surface area (Å²) in [5, 5.41) is 3.80. The molecule has 1 heterocycles. The van der Waals surface area contributed by atoms with Crippen LogP contribution >= 0.6 is 23.1 Å². The van der Waals surface area contributed by atoms with E-state index in [0.29, 0.717) is 24.4 Å². The lowest BCUT2D eigenvalue weighted by atomic mass is 10.2. The first-order valence-corrected chi connectivity index (χ1v) is 10.2. The van der Waals surface area contributed by atoms with Gasteiger partial charge in [-0.2, -0.15) is 11.8 Å². The van der Waals surface area contributed by atoms with Crippen molar-refractivity contribution in [1.29, 1.82) is 0 Å². The van der Waals surface area contributed by atoms with Gasteiger partial charge in [0.2, 0.25) is 0 Å². The number of carbonyl (C=O) groups excluding carboxylic acids is 1. The summed E-state index contributed by atoms with van der Waals surface area (Å²) >= 11 is 3.20. The van der Waals surface area contributed by atoms with Crippen LogP contribution in [0.2, 0.25) is 0 Å². The van der Waals surface area contributed by atoms with Crippen molar-refractivity contribution in [2.75, 3.05) is 19.3 Å². The van der Waals surface area contributed by atoms with E-state index in [0.717, 1.165) is 21.0 Å². The molecule has 0 bridgehead atoms. The number of carbonyl (C=O) groups is 1. The molecule has 0 unspecified atom stereocenters. The molecule has 1 aromatic heterocycles. The highest BCUT2D eigenvalue weighted by Gasteiger charge is 2.11. The standard InChI is InChI=1S/C19H20FN3OS2/c1-23(12-18-22-16-8-4-5-9-17(16)26-18)19(24)21-10-11-25-13-14-6-2-3-7-15(14)20/h2-9H,10-13H2,1H3,(H,21,24). The molecule has 7 heteroatoms. The molecule has 2 aromatic carbocycles. The molecule has 4 nitrogen and oxygen atoms in total. The van der Waals surface area contributed by atoms with Crippen molar-refractivity contribution in [3.05, 3.63) is 64.9 Å². The van der Waals surface area contributed by atoms with Gasteiger partial charge in [-0.05, 0) is 23.8 Å². The maximum absolute atomic E-state index is 13.5. The Morgan fingerprint density at radius 2 is 2.00 bits per heavy atom. The van der Waals surface area contributed by atoms with Gasteiger partial charge in [0, 0.05) is 25.1 Å². The zero-order chi connectivity index (χ0) is 18.4. The summed E-state index contributed by atoms with van der Waals surface area (Å²) < 4.78 is 14.6. The highest BCUT2D eigenvalue weighted by atomic mass is 32.2. The first kappa shape index (κ1) is 18.7. The van der Waals surface area contributed by atoms with Gasteiger partial charge in [0.05, 0.1) is 16.8 Å². The van der Waals surface area contributed by atoms with Crippen LogP contribution in [0, 0.1) is 5.82 Å². The van der Waals surface area contributed by atoms with Gasteiger partial charge in [0.1, 0.15) is 10.8 Å². The summed E-state index contributed by atoms with van der Waals surface area (Å²) in [6, 6.07) is 14.6. The van der Waals surface area contributed by atoms with Gasteiger partial charge in [0.15, 0.2) is 0 Å². The fourth-order valence-electron chi connectivity index (χ4n) is 2.42. The van der Waals surface area contributed by atoms with Crippen LogP contribution in [0.5, 0.6) is 0 Å². The molecular formula is C19H20FN3OS2. The van der Waals surface area contributed by atoms with Gasteiger partial charge in [-0.1, -0.05) is 30.3 Å². The zero-order valence-corrected chi connectivity index (χ0v) is 16.1. The lowest BCUT2D eigenvalue weighted by Crippen LogP contribution is -2.37. The van der Waals surface area contributed by atoms with E-state index in [1.54, 1.807) is 47.2 Å². The molecule has 3 aromatic rings. The Morgan fingerprint density at radius 1 is 1.23 bits per heavy atom. The molecule has 2 amide bonds. The Hall–Kier alpha value is -2.12. The van der Waals surface area contributed by atoms with E-state index in [9.17, 15) is 9.18 Å². The first-order chi connectivity index (χ1) is 12.6. The lowest BCUT2D eigenvalue weighted by molar-refractivity contribution is 0.207. The predicted octanol–water partition coefficient (Wildman–Crippen LogP) is 4.51. The minimum atomic E-state index is -0.181. The smallest absolute Gasteiger partial charge is 0.317 e. The van der Waals surface area contributed by atoms with E-state index in [4.69, 9.17) is 0 Å². The molecule has 0 fully saturated rings. The molecule has 1 N–H and O–H groups in total. The van der Waals surface area contributed by atoms with Crippen molar-refractivity contribution < 1.29 is 9.18 Å². The molecular weight excluding hydrogens is 369 g/mol. The number of hydrogen-bond acceptors (Lipinski definition) is 4. The third-order valence-electron chi connectivity index (χ3n) is 3.80. The van der Waals surface area contributed by atoms with Gasteiger partial charge in [0.25, 0.3) is 0 Å². The van der Waals surface area contributed by atoms with Gasteiger partial charge >= 0.3 is 6.03 Å². The predicted molar refractivity (Wildman–Crippen MR) is 107 cm³/mol. The molecule has 0 spiro atoms. The number of fused-ring (bicyclic) bond motifs is 1. The van der Waals surface area contributed by atoms with E-state index in [-0.39, 0.29) is 11.8 Å². The number of amides is 2. The third-order valence-corrected chi connectivity index (χ3v) is 5.82. The van der Waals surface area contributed by atoms with Crippen molar-refractivity contribution >= 4 is 39.3 Å². The van der Waals surface area contributed by atoms with Crippen molar-refractivity contribution in [2.45, 2.75) is 12.3 Å². The maximum Gasteiger partial charge on any atom is 0.317 e. The van der Waals surface area contributed by atoms with E-state index < -0.39 is 0 Å². The SMILES string of the molecule is CN(Cc1nc2ccccc2s1)C(=O)NCCSCc1ccccc1F. The van der Waals surface area contributed by atoms with E-state index in [2.05, 4.69) is 10.3 Å². The third kappa shape index (κ3) is 4.95. The molecule has 136 valence electrons. The average Bonchev–Trinajstić information content (AvgIpc) is 3.05. The molecule has 0 saturated carbocycles. The van der Waals surface area contributed by atoms with Crippen molar-refractivity contribution in [3.8, 4) is 0 Å². The van der Waals surface area contributed by atoms with Gasteiger partial charge < -0.3 is 10.2 Å². The Kier molecular flexibility index (Phi) is 6.46. The van der Waals surface area contributed by atoms with Crippen LogP contribution in [-0.2, 0) is 12.3 Å². The topological polar surface area (TPSA) is 45.2 Å². The van der Waals surface area contributed by atoms with Crippen LogP contribution in [0.15, 0.2) is 48.5 Å². The molecule has 26 heavy (non-hydrogen) atoms. The number of thiazole rings is 1. The number of nitrogens with zero attached hydrogens (tertiary/aromatic N) is 2. The minimum absolute atomic E-state index is 0.129. The highest BCUT2D eigenvalue weighted by molar-refractivity contribution is 7.98. The second kappa shape index (κ2) is 9.00. The largest absolute Gasteiger partial charge is 0.337 e. The van der Waals surface area contributed by atoms with Gasteiger partial charge in [-0.25, -0.2) is 14.2 Å². The highest BCUT2D eigenvalue weighted by Crippen LogP contribution is 2.22. The molecule has 0 aliphatic heterocycles. The van der Waals surface area contributed by atoms with E-state index in [1.165, 1.54) is 6.07 Å². The Labute approximate surface area is 160 Å². The minimum Gasteiger partial charge on any atom is -0.337 e. The monoisotopic (exact) mass is 389 g/mol. The van der Waals surface area contributed by atoms with Crippen LogP contribution in [-0.4, -0.2) is 35.3 Å². The zero-order valence-electron chi connectivity index (χ0n) is 14.4. The number of rotatable bonds is 7. The summed E-state index contributed by atoms with van der Waals surface area (Å²) in [6.07, 6.45) is 0. The van der Waals surface area contributed by atoms with Gasteiger partial charge in [-0.3, -0.25) is 0 Å². The average molecular weight is 390 g/mol. The van der Waals surface area contributed by atoms with Crippen molar-refractivity contribution in [2.24, 2.45) is 0 Å². The summed E-state index contributed by atoms with van der Waals surface area (Å²) in [4.78, 5) is 18.3. The molecule has 0 aliphatic carbocycles. The molecule has 0 aliphatic rings. The van der Waals surface area contributed by atoms with Crippen LogP contribution in [0.4, 0.5) is 9.18 Å². The number of halogens is 1. The molecule has 3 rings (SSSR count). The Balaban J connectivity index is 1.39. The van der Waals surface area contributed by atoms with Crippen molar-refractivity contribution in [3.63, 3.8) is 0 Å². The number of benzene rings is 2. The number of urea groups is 1. The summed E-state index contributed by atoms with van der Waals surface area (Å²) in [5.41, 5.74) is 1.66. The van der Waals surface area contributed by atoms with Crippen LogP contribution in [0.25, 0.3) is 10.2 Å². The summed E-state index contributed by atoms with van der Waals surface area (Å²) in [7, 11) is 1.76. The van der Waals surface area contributed by atoms with E-state index in [1.807, 2.05) is 30.3 Å². The number of aromatic nitrogens is 1. The number of hydrogen-bond donors (Lipinski definition) is 1. The van der Waals surface area contributed by atoms with Crippen LogP contribution in [0.1, 0.15) is 10.6 Å². The summed E-state index contributed by atoms with van der Waals surface area (Å²) in [6.45, 7) is 1.02. The molecule has 0 radical (unpaired) electrons. The van der Waals surface area contributed by atoms with E-state index >= 15 is 0 Å². The van der Waals surface area contributed by atoms with Gasteiger partial charge in [-0.15, -0.1) is 11.3 Å². The number of thioether (sulfide) groups is 1. The molecule has 0 saturated heterocycles. The second-order valence-electron chi connectivity index (χ2n) is 5.81. The fourth-order valence-corrected chi connectivity index (χ4v) is 4.29. The normalized spacial score (nSPS) is 10.8. The van der Waals surface area contributed by atoms with Crippen molar-refractivity contribution in [1.82, 2.24) is 15.2 Å². The maximum atomic E-state index is 13.5. The Morgan fingerprint density at radius 3 is 2.81 bits per heavy atom. The number of nitrogens with one attached hydrogen (secondary N) is 1. The quantitative estimate of drug-likeness (QED) is 0.605. The second-order valence-corrected chi connectivity index (χ2v) is 8.03. The Bertz CT molecular complexity index is 851. The number of para-hydroxylation sites is 1. The molecule has 0 atom stereocenters. The van der Waals surface area contributed by atoms with Crippen LogP contribution < -0.4 is 5.32 Å². The lowest BCUT2D eigenvalue weighted by Gasteiger charge is -2.16. The van der Waals surface area contributed by atoms with Crippen LogP contribution in [0.3, 0.4) is 0 Å². The fraction of sp³-hybridized carbons (Fsp3) is 0.263.